The van der Waals surface area contributed by atoms with Gasteiger partial charge in [-0.05, 0) is 54.8 Å². The standard InChI is InChI=1S/C19H17ClN2O3S/c1-13-9-14(2)19(11-16(13)20)26(24,25)22-8-6-15(12-22)10-18(23)17-5-3-4-7-21-17/h3-9,11-12H,10H2,1-2H3. The Morgan fingerprint density at radius 2 is 1.92 bits per heavy atom. The minimum absolute atomic E-state index is 0.0766. The summed E-state index contributed by atoms with van der Waals surface area (Å²) in [7, 11) is -3.78. The Hall–Kier alpha value is -2.44. The predicted octanol–water partition coefficient (Wildman–Crippen LogP) is 3.82. The highest BCUT2D eigenvalue weighted by atomic mass is 35.5. The Labute approximate surface area is 157 Å². The van der Waals surface area contributed by atoms with E-state index in [0.29, 0.717) is 21.8 Å². The molecule has 0 N–H and O–H groups in total. The van der Waals surface area contributed by atoms with Gasteiger partial charge in [-0.2, -0.15) is 0 Å². The van der Waals surface area contributed by atoms with Crippen LogP contribution in [0.2, 0.25) is 5.02 Å². The quantitative estimate of drug-likeness (QED) is 0.623. The van der Waals surface area contributed by atoms with Crippen LogP contribution in [0.5, 0.6) is 0 Å². The highest BCUT2D eigenvalue weighted by Crippen LogP contribution is 2.26. The van der Waals surface area contributed by atoms with E-state index in [9.17, 15) is 13.2 Å². The molecule has 0 bridgehead atoms. The van der Waals surface area contributed by atoms with Gasteiger partial charge in [-0.3, -0.25) is 9.78 Å². The number of rotatable bonds is 5. The van der Waals surface area contributed by atoms with Crippen molar-refractivity contribution < 1.29 is 13.2 Å². The van der Waals surface area contributed by atoms with Crippen molar-refractivity contribution in [3.8, 4) is 0 Å². The average Bonchev–Trinajstić information content (AvgIpc) is 3.08. The van der Waals surface area contributed by atoms with Crippen LogP contribution in [0.3, 0.4) is 0 Å². The smallest absolute Gasteiger partial charge is 0.267 e. The highest BCUT2D eigenvalue weighted by molar-refractivity contribution is 7.90. The molecule has 5 nitrogen and oxygen atoms in total. The second-order valence-corrected chi connectivity index (χ2v) is 8.26. The number of hydrogen-bond donors (Lipinski definition) is 0. The number of carbonyl (C=O) groups excluding carboxylic acids is 1. The van der Waals surface area contributed by atoms with Crippen LogP contribution in [0.25, 0.3) is 0 Å². The Kier molecular flexibility index (Phi) is 4.98. The Morgan fingerprint density at radius 3 is 2.62 bits per heavy atom. The van der Waals surface area contributed by atoms with Crippen LogP contribution in [0.1, 0.15) is 27.2 Å². The molecular weight excluding hydrogens is 372 g/mol. The number of halogens is 1. The van der Waals surface area contributed by atoms with Crippen LogP contribution >= 0.6 is 11.6 Å². The van der Waals surface area contributed by atoms with E-state index >= 15 is 0 Å². The Balaban J connectivity index is 1.89. The zero-order chi connectivity index (χ0) is 18.9. The largest absolute Gasteiger partial charge is 0.292 e. The molecule has 0 radical (unpaired) electrons. The third-order valence-corrected chi connectivity index (χ3v) is 6.24. The summed E-state index contributed by atoms with van der Waals surface area (Å²) < 4.78 is 26.9. The minimum atomic E-state index is -3.78. The summed E-state index contributed by atoms with van der Waals surface area (Å²) >= 11 is 6.10. The summed E-state index contributed by atoms with van der Waals surface area (Å²) in [6.07, 6.45) is 4.51. The first-order chi connectivity index (χ1) is 12.3. The van der Waals surface area contributed by atoms with E-state index in [4.69, 9.17) is 11.6 Å². The molecule has 3 aromatic rings. The molecule has 0 saturated carbocycles. The van der Waals surface area contributed by atoms with Crippen LogP contribution in [0.4, 0.5) is 0 Å². The molecule has 0 atom stereocenters. The number of ketones is 1. The molecule has 1 aromatic carbocycles. The van der Waals surface area contributed by atoms with E-state index in [1.165, 1.54) is 18.5 Å². The van der Waals surface area contributed by atoms with Gasteiger partial charge in [0.15, 0.2) is 5.78 Å². The number of nitrogens with zero attached hydrogens (tertiary/aromatic N) is 2. The molecule has 2 heterocycles. The first-order valence-electron chi connectivity index (χ1n) is 7.92. The van der Waals surface area contributed by atoms with Crippen LogP contribution < -0.4 is 0 Å². The number of aromatic nitrogens is 2. The van der Waals surface area contributed by atoms with Gasteiger partial charge in [-0.1, -0.05) is 23.7 Å². The lowest BCUT2D eigenvalue weighted by Gasteiger charge is -2.10. The van der Waals surface area contributed by atoms with Gasteiger partial charge in [0.05, 0.1) is 4.90 Å². The molecule has 0 amide bonds. The molecule has 0 aliphatic heterocycles. The molecule has 0 saturated heterocycles. The Bertz CT molecular complexity index is 1070. The summed E-state index contributed by atoms with van der Waals surface area (Å²) in [4.78, 5) is 16.4. The van der Waals surface area contributed by atoms with Crippen molar-refractivity contribution in [2.45, 2.75) is 25.2 Å². The molecule has 2 aromatic heterocycles. The highest BCUT2D eigenvalue weighted by Gasteiger charge is 2.21. The average molecular weight is 389 g/mol. The lowest BCUT2D eigenvalue weighted by molar-refractivity contribution is 0.0988. The van der Waals surface area contributed by atoms with Crippen molar-refractivity contribution in [1.29, 1.82) is 0 Å². The first-order valence-corrected chi connectivity index (χ1v) is 9.74. The molecule has 134 valence electrons. The van der Waals surface area contributed by atoms with Crippen LogP contribution in [-0.4, -0.2) is 23.2 Å². The summed E-state index contributed by atoms with van der Waals surface area (Å²) in [6, 6.07) is 9.91. The van der Waals surface area contributed by atoms with Crippen molar-refractivity contribution in [3.05, 3.63) is 82.4 Å². The minimum Gasteiger partial charge on any atom is -0.292 e. The fraction of sp³-hybridized carbons (Fsp3) is 0.158. The van der Waals surface area contributed by atoms with Crippen molar-refractivity contribution >= 4 is 27.4 Å². The Morgan fingerprint density at radius 1 is 1.15 bits per heavy atom. The molecule has 3 rings (SSSR count). The van der Waals surface area contributed by atoms with Crippen LogP contribution in [0, 0.1) is 13.8 Å². The van der Waals surface area contributed by atoms with Crippen molar-refractivity contribution in [1.82, 2.24) is 8.96 Å². The molecule has 0 aliphatic rings. The zero-order valence-electron chi connectivity index (χ0n) is 14.3. The third-order valence-electron chi connectivity index (χ3n) is 4.06. The zero-order valence-corrected chi connectivity index (χ0v) is 15.9. The molecule has 26 heavy (non-hydrogen) atoms. The van der Waals surface area contributed by atoms with Gasteiger partial charge in [0.2, 0.25) is 0 Å². The van der Waals surface area contributed by atoms with Crippen molar-refractivity contribution in [2.75, 3.05) is 0 Å². The molecular formula is C19H17ClN2O3S. The monoisotopic (exact) mass is 388 g/mol. The van der Waals surface area contributed by atoms with E-state index in [1.54, 1.807) is 43.5 Å². The molecule has 0 aliphatic carbocycles. The number of Topliss-reactive ketones (excluding diaryl/α,β-unsaturated/α-hetero) is 1. The van der Waals surface area contributed by atoms with Crippen molar-refractivity contribution in [3.63, 3.8) is 0 Å². The van der Waals surface area contributed by atoms with E-state index < -0.39 is 10.0 Å². The van der Waals surface area contributed by atoms with E-state index in [0.717, 1.165) is 9.54 Å². The van der Waals surface area contributed by atoms with Crippen LogP contribution in [-0.2, 0) is 16.4 Å². The number of aryl methyl sites for hydroxylation is 2. The number of hydrogen-bond acceptors (Lipinski definition) is 4. The maximum absolute atomic E-state index is 12.9. The first kappa shape index (κ1) is 18.4. The molecule has 0 fully saturated rings. The SMILES string of the molecule is Cc1cc(C)c(S(=O)(=O)n2ccc(CC(=O)c3ccccn3)c2)cc1Cl. The van der Waals surface area contributed by atoms with E-state index in [2.05, 4.69) is 4.98 Å². The lowest BCUT2D eigenvalue weighted by Crippen LogP contribution is -2.13. The van der Waals surface area contributed by atoms with Gasteiger partial charge in [0.25, 0.3) is 10.0 Å². The molecule has 7 heteroatoms. The van der Waals surface area contributed by atoms with Gasteiger partial charge in [-0.25, -0.2) is 12.4 Å². The van der Waals surface area contributed by atoms with E-state index in [1.807, 2.05) is 6.92 Å². The second-order valence-electron chi connectivity index (χ2n) is 6.04. The number of pyridine rings is 1. The molecule has 0 spiro atoms. The second kappa shape index (κ2) is 7.05. The van der Waals surface area contributed by atoms with Crippen molar-refractivity contribution in [2.24, 2.45) is 0 Å². The summed E-state index contributed by atoms with van der Waals surface area (Å²) in [5.41, 5.74) is 2.38. The van der Waals surface area contributed by atoms with Crippen LogP contribution in [0.15, 0.2) is 59.9 Å². The fourth-order valence-corrected chi connectivity index (χ4v) is 4.36. The van der Waals surface area contributed by atoms with Gasteiger partial charge in [0, 0.05) is 30.0 Å². The third kappa shape index (κ3) is 3.57. The maximum Gasteiger partial charge on any atom is 0.267 e. The van der Waals surface area contributed by atoms with Gasteiger partial charge >= 0.3 is 0 Å². The fourth-order valence-electron chi connectivity index (χ4n) is 2.68. The predicted molar refractivity (Wildman–Crippen MR) is 100 cm³/mol. The summed E-state index contributed by atoms with van der Waals surface area (Å²) in [5.74, 6) is -0.171. The normalized spacial score (nSPS) is 11.5. The number of benzene rings is 1. The van der Waals surface area contributed by atoms with Gasteiger partial charge in [-0.15, -0.1) is 0 Å². The molecule has 0 unspecified atom stereocenters. The van der Waals surface area contributed by atoms with Gasteiger partial charge in [0.1, 0.15) is 5.69 Å². The summed E-state index contributed by atoms with van der Waals surface area (Å²) in [6.45, 7) is 3.55. The maximum atomic E-state index is 12.9. The number of carbonyl (C=O) groups is 1. The lowest BCUT2D eigenvalue weighted by atomic mass is 10.1. The summed E-state index contributed by atoms with van der Waals surface area (Å²) in [5, 5.41) is 0.395. The van der Waals surface area contributed by atoms with Gasteiger partial charge < -0.3 is 0 Å². The topological polar surface area (TPSA) is 69.0 Å². The van der Waals surface area contributed by atoms with E-state index in [-0.39, 0.29) is 17.1 Å².